The summed E-state index contributed by atoms with van der Waals surface area (Å²) in [6.07, 6.45) is 3.86. The van der Waals surface area contributed by atoms with Gasteiger partial charge in [-0.1, -0.05) is 12.1 Å². The summed E-state index contributed by atoms with van der Waals surface area (Å²) in [5.41, 5.74) is 2.33. The van der Waals surface area contributed by atoms with Crippen LogP contribution in [0, 0.1) is 5.82 Å². The maximum atomic E-state index is 13.6. The van der Waals surface area contributed by atoms with Crippen LogP contribution < -0.4 is 4.74 Å². The Hall–Kier alpha value is -2.66. The first-order valence-electron chi connectivity index (χ1n) is 10.4. The number of methoxy groups -OCH3 is 1. The Labute approximate surface area is 177 Å². The minimum absolute atomic E-state index is 0.226. The van der Waals surface area contributed by atoms with E-state index in [1.54, 1.807) is 19.2 Å². The molecule has 1 aliphatic heterocycles. The van der Waals surface area contributed by atoms with Gasteiger partial charge >= 0.3 is 0 Å². The van der Waals surface area contributed by atoms with Gasteiger partial charge in [-0.2, -0.15) is 0 Å². The highest BCUT2D eigenvalue weighted by Crippen LogP contribution is 2.44. The number of halogens is 1. The second-order valence-corrected chi connectivity index (χ2v) is 9.26. The molecule has 0 radical (unpaired) electrons. The highest BCUT2D eigenvalue weighted by Gasteiger charge is 2.41. The van der Waals surface area contributed by atoms with Gasteiger partial charge in [0, 0.05) is 17.8 Å². The molecule has 158 valence electrons. The Bertz CT molecular complexity index is 1020. The van der Waals surface area contributed by atoms with Crippen LogP contribution in [0.4, 0.5) is 4.39 Å². The zero-order valence-corrected chi connectivity index (χ0v) is 18.3. The molecule has 0 N–H and O–H groups in total. The van der Waals surface area contributed by atoms with Crippen molar-refractivity contribution < 1.29 is 13.9 Å². The van der Waals surface area contributed by atoms with Crippen molar-refractivity contribution in [3.05, 3.63) is 66.2 Å². The normalized spacial score (nSPS) is 18.3. The summed E-state index contributed by atoms with van der Waals surface area (Å²) in [6, 6.07) is 14.3. The number of hydrogen-bond donors (Lipinski definition) is 0. The number of benzene rings is 2. The molecule has 1 aliphatic rings. The van der Waals surface area contributed by atoms with Crippen LogP contribution in [0.5, 0.6) is 5.75 Å². The summed E-state index contributed by atoms with van der Waals surface area (Å²) >= 11 is 0. The Morgan fingerprint density at radius 1 is 1.00 bits per heavy atom. The molecule has 2 aromatic carbocycles. The summed E-state index contributed by atoms with van der Waals surface area (Å²) in [5, 5.41) is 0. The molecule has 1 saturated heterocycles. The van der Waals surface area contributed by atoms with E-state index in [0.29, 0.717) is 0 Å². The number of para-hydroxylation sites is 1. The quantitative estimate of drug-likeness (QED) is 0.520. The second-order valence-electron chi connectivity index (χ2n) is 9.26. The minimum atomic E-state index is -0.258. The standard InChI is InChI=1S/C25H29FN2O2/c1-24(2)14-17(15-25(3,4)30-24)21-16-28(19-12-10-18(26)11-13-19)23(27-21)20-8-6-7-9-22(20)29-5/h6-13,16-17H,14-15H2,1-5H3. The molecule has 0 aliphatic carbocycles. The van der Waals surface area contributed by atoms with Crippen LogP contribution in [0.2, 0.25) is 0 Å². The van der Waals surface area contributed by atoms with Gasteiger partial charge in [-0.3, -0.25) is 4.57 Å². The van der Waals surface area contributed by atoms with Crippen LogP contribution in [0.1, 0.15) is 52.1 Å². The third-order valence-corrected chi connectivity index (χ3v) is 5.62. The van der Waals surface area contributed by atoms with Gasteiger partial charge in [0.1, 0.15) is 17.4 Å². The molecule has 3 aromatic rings. The summed E-state index contributed by atoms with van der Waals surface area (Å²) in [5.74, 6) is 1.55. The summed E-state index contributed by atoms with van der Waals surface area (Å²) < 4.78 is 27.5. The van der Waals surface area contributed by atoms with Gasteiger partial charge in [0.2, 0.25) is 0 Å². The number of imidazole rings is 1. The van der Waals surface area contributed by atoms with Crippen molar-refractivity contribution in [2.24, 2.45) is 0 Å². The highest BCUT2D eigenvalue weighted by molar-refractivity contribution is 5.67. The summed E-state index contributed by atoms with van der Waals surface area (Å²) in [6.45, 7) is 8.55. The van der Waals surface area contributed by atoms with E-state index in [1.165, 1.54) is 12.1 Å². The molecule has 0 bridgehead atoms. The molecule has 4 nitrogen and oxygen atoms in total. The first kappa shape index (κ1) is 20.6. The van der Waals surface area contributed by atoms with Crippen LogP contribution in [-0.2, 0) is 4.74 Å². The van der Waals surface area contributed by atoms with Gasteiger partial charge < -0.3 is 9.47 Å². The van der Waals surface area contributed by atoms with E-state index in [0.717, 1.165) is 41.4 Å². The van der Waals surface area contributed by atoms with Gasteiger partial charge in [0.25, 0.3) is 0 Å². The zero-order valence-electron chi connectivity index (χ0n) is 18.3. The Balaban J connectivity index is 1.85. The molecule has 0 saturated carbocycles. The monoisotopic (exact) mass is 408 g/mol. The molecule has 2 heterocycles. The van der Waals surface area contributed by atoms with Crippen LogP contribution in [0.15, 0.2) is 54.7 Å². The molecule has 5 heteroatoms. The third kappa shape index (κ3) is 4.12. The summed E-state index contributed by atoms with van der Waals surface area (Å²) in [7, 11) is 1.66. The topological polar surface area (TPSA) is 36.3 Å². The number of hydrogen-bond acceptors (Lipinski definition) is 3. The van der Waals surface area contributed by atoms with Crippen LogP contribution in [-0.4, -0.2) is 27.9 Å². The molecule has 0 unspecified atom stereocenters. The van der Waals surface area contributed by atoms with E-state index in [1.807, 2.05) is 28.8 Å². The van der Waals surface area contributed by atoms with Crippen LogP contribution in [0.3, 0.4) is 0 Å². The van der Waals surface area contributed by atoms with Gasteiger partial charge in [-0.15, -0.1) is 0 Å². The average molecular weight is 409 g/mol. The number of aromatic nitrogens is 2. The maximum absolute atomic E-state index is 13.6. The first-order valence-corrected chi connectivity index (χ1v) is 10.4. The van der Waals surface area contributed by atoms with Gasteiger partial charge in [0.15, 0.2) is 0 Å². The van der Waals surface area contributed by atoms with Crippen LogP contribution in [0.25, 0.3) is 17.1 Å². The van der Waals surface area contributed by atoms with Crippen molar-refractivity contribution in [1.29, 1.82) is 0 Å². The second kappa shape index (κ2) is 7.55. The van der Waals surface area contributed by atoms with Crippen molar-refractivity contribution in [2.45, 2.75) is 57.7 Å². The van der Waals surface area contributed by atoms with Crippen molar-refractivity contribution in [2.75, 3.05) is 7.11 Å². The maximum Gasteiger partial charge on any atom is 0.148 e. The van der Waals surface area contributed by atoms with E-state index in [2.05, 4.69) is 33.9 Å². The molecule has 1 fully saturated rings. The SMILES string of the molecule is COc1ccccc1-c1nc(C2CC(C)(C)OC(C)(C)C2)cn1-c1ccc(F)cc1. The van der Waals surface area contributed by atoms with E-state index >= 15 is 0 Å². The molecular weight excluding hydrogens is 379 g/mol. The van der Waals surface area contributed by atoms with E-state index in [4.69, 9.17) is 14.5 Å². The lowest BCUT2D eigenvalue weighted by molar-refractivity contribution is -0.162. The van der Waals surface area contributed by atoms with Crippen LogP contribution >= 0.6 is 0 Å². The largest absolute Gasteiger partial charge is 0.496 e. The lowest BCUT2D eigenvalue weighted by Gasteiger charge is -2.45. The molecule has 0 spiro atoms. The lowest BCUT2D eigenvalue weighted by atomic mass is 9.79. The fraction of sp³-hybridized carbons (Fsp3) is 0.400. The van der Waals surface area contributed by atoms with Crippen molar-refractivity contribution >= 4 is 0 Å². The fourth-order valence-corrected chi connectivity index (χ4v) is 4.71. The molecule has 4 rings (SSSR count). The Morgan fingerprint density at radius 3 is 2.27 bits per heavy atom. The van der Waals surface area contributed by atoms with Crippen molar-refractivity contribution in [3.63, 3.8) is 0 Å². The first-order chi connectivity index (χ1) is 14.2. The van der Waals surface area contributed by atoms with E-state index < -0.39 is 0 Å². The molecule has 30 heavy (non-hydrogen) atoms. The van der Waals surface area contributed by atoms with Crippen molar-refractivity contribution in [1.82, 2.24) is 9.55 Å². The van der Waals surface area contributed by atoms with Crippen molar-refractivity contribution in [3.8, 4) is 22.8 Å². The molecular formula is C25H29FN2O2. The fourth-order valence-electron chi connectivity index (χ4n) is 4.71. The van der Waals surface area contributed by atoms with E-state index in [-0.39, 0.29) is 22.9 Å². The van der Waals surface area contributed by atoms with Gasteiger partial charge in [-0.05, 0) is 76.9 Å². The van der Waals surface area contributed by atoms with Gasteiger partial charge in [0.05, 0.1) is 29.6 Å². The zero-order chi connectivity index (χ0) is 21.5. The number of nitrogens with zero attached hydrogens (tertiary/aromatic N) is 2. The van der Waals surface area contributed by atoms with Gasteiger partial charge in [-0.25, -0.2) is 9.37 Å². The summed E-state index contributed by atoms with van der Waals surface area (Å²) in [4.78, 5) is 5.08. The highest BCUT2D eigenvalue weighted by atomic mass is 19.1. The molecule has 1 aromatic heterocycles. The van der Waals surface area contributed by atoms with E-state index in [9.17, 15) is 4.39 Å². The predicted molar refractivity (Wildman–Crippen MR) is 117 cm³/mol. The predicted octanol–water partition coefficient (Wildman–Crippen LogP) is 6.14. The lowest BCUT2D eigenvalue weighted by Crippen LogP contribution is -2.44. The molecule has 0 amide bonds. The number of rotatable bonds is 4. The minimum Gasteiger partial charge on any atom is -0.496 e. The third-order valence-electron chi connectivity index (χ3n) is 5.62. The molecule has 0 atom stereocenters. The Kier molecular flexibility index (Phi) is 5.18. The number of ether oxygens (including phenoxy) is 2. The Morgan fingerprint density at radius 2 is 1.63 bits per heavy atom. The smallest absolute Gasteiger partial charge is 0.148 e. The average Bonchev–Trinajstić information content (AvgIpc) is 3.11.